The summed E-state index contributed by atoms with van der Waals surface area (Å²) in [5.74, 6) is -1.63. The molecular formula is C14H18N2O6S. The number of carbonyl (C=O) groups is 2. The molecule has 0 spiro atoms. The Kier molecular flexibility index (Phi) is 6.73. The van der Waals surface area contributed by atoms with Gasteiger partial charge in [-0.25, -0.2) is 22.7 Å². The molecule has 0 fully saturated rings. The van der Waals surface area contributed by atoms with Gasteiger partial charge in [0.1, 0.15) is 10.6 Å². The van der Waals surface area contributed by atoms with Crippen LogP contribution < -0.4 is 10.0 Å². The summed E-state index contributed by atoms with van der Waals surface area (Å²) in [6, 6.07) is 5.95. The molecule has 23 heavy (non-hydrogen) atoms. The van der Waals surface area contributed by atoms with Crippen LogP contribution in [0, 0.1) is 0 Å². The minimum Gasteiger partial charge on any atom is -0.466 e. The summed E-state index contributed by atoms with van der Waals surface area (Å²) in [5, 5.41) is 2.59. The molecule has 0 amide bonds. The summed E-state index contributed by atoms with van der Waals surface area (Å²) in [6.07, 6.45) is 0.877. The molecule has 1 rings (SSSR count). The topological polar surface area (TPSA) is 111 Å². The molecule has 0 aliphatic heterocycles. The van der Waals surface area contributed by atoms with E-state index >= 15 is 0 Å². The van der Waals surface area contributed by atoms with Gasteiger partial charge in [0, 0.05) is 6.54 Å². The molecule has 0 saturated heterocycles. The number of anilines is 1. The highest BCUT2D eigenvalue weighted by molar-refractivity contribution is 7.89. The van der Waals surface area contributed by atoms with E-state index in [9.17, 15) is 18.0 Å². The molecule has 0 unspecified atom stereocenters. The van der Waals surface area contributed by atoms with Crippen LogP contribution in [-0.2, 0) is 29.1 Å². The van der Waals surface area contributed by atoms with Gasteiger partial charge in [-0.2, -0.15) is 0 Å². The van der Waals surface area contributed by atoms with Crippen LogP contribution in [-0.4, -0.2) is 41.1 Å². The summed E-state index contributed by atoms with van der Waals surface area (Å²) >= 11 is 0. The van der Waals surface area contributed by atoms with E-state index in [1.54, 1.807) is 13.0 Å². The van der Waals surface area contributed by atoms with E-state index in [-0.39, 0.29) is 22.8 Å². The minimum atomic E-state index is -3.76. The van der Waals surface area contributed by atoms with Crippen molar-refractivity contribution >= 4 is 27.6 Å². The Morgan fingerprint density at radius 3 is 2.39 bits per heavy atom. The molecular weight excluding hydrogens is 324 g/mol. The molecule has 1 aromatic rings. The van der Waals surface area contributed by atoms with Crippen LogP contribution >= 0.6 is 0 Å². The third kappa shape index (κ3) is 5.08. The average molecular weight is 342 g/mol. The highest BCUT2D eigenvalue weighted by Gasteiger charge is 2.20. The third-order valence-electron chi connectivity index (χ3n) is 2.65. The Balaban J connectivity index is 3.28. The van der Waals surface area contributed by atoms with E-state index in [2.05, 4.69) is 19.5 Å². The van der Waals surface area contributed by atoms with Crippen molar-refractivity contribution in [2.75, 3.05) is 26.1 Å². The van der Waals surface area contributed by atoms with E-state index in [0.29, 0.717) is 0 Å². The van der Waals surface area contributed by atoms with Gasteiger partial charge in [-0.3, -0.25) is 0 Å². The first-order valence-electron chi connectivity index (χ1n) is 6.59. The maximum atomic E-state index is 12.2. The molecule has 0 aliphatic rings. The number of esters is 2. The molecule has 8 nitrogen and oxygen atoms in total. The number of sulfonamides is 1. The number of ether oxygens (including phenoxy) is 2. The summed E-state index contributed by atoms with van der Waals surface area (Å²) in [5.41, 5.74) is -0.132. The van der Waals surface area contributed by atoms with Gasteiger partial charge in [0.05, 0.1) is 26.0 Å². The zero-order valence-electron chi connectivity index (χ0n) is 13.0. The fraction of sp³-hybridized carbons (Fsp3) is 0.286. The normalized spacial score (nSPS) is 11.7. The standard InChI is InChI=1S/C14H18N2O6S/c1-4-15-23(19,20)12-8-6-5-7-10(12)16-11(14(18)22-3)9-13(17)21-2/h5-9,15-16H,4H2,1-3H3/b11-9+. The Labute approximate surface area is 134 Å². The summed E-state index contributed by atoms with van der Waals surface area (Å²) < 4.78 is 35.7. The van der Waals surface area contributed by atoms with Crippen LogP contribution in [0.2, 0.25) is 0 Å². The molecule has 0 aliphatic carbocycles. The van der Waals surface area contributed by atoms with Crippen molar-refractivity contribution in [3.63, 3.8) is 0 Å². The molecule has 0 radical (unpaired) electrons. The first kappa shape index (κ1) is 18.7. The lowest BCUT2D eigenvalue weighted by Crippen LogP contribution is -2.25. The van der Waals surface area contributed by atoms with E-state index in [1.165, 1.54) is 18.2 Å². The van der Waals surface area contributed by atoms with Gasteiger partial charge in [0.15, 0.2) is 0 Å². The van der Waals surface area contributed by atoms with Crippen LogP contribution in [0.15, 0.2) is 40.9 Å². The minimum absolute atomic E-state index is 0.0680. The van der Waals surface area contributed by atoms with Crippen LogP contribution in [0.4, 0.5) is 5.69 Å². The van der Waals surface area contributed by atoms with Crippen molar-refractivity contribution in [1.29, 1.82) is 0 Å². The number of carbonyl (C=O) groups excluding carboxylic acids is 2. The number of hydrogen-bond donors (Lipinski definition) is 2. The van der Waals surface area contributed by atoms with Gasteiger partial charge < -0.3 is 14.8 Å². The molecule has 126 valence electrons. The fourth-order valence-electron chi connectivity index (χ4n) is 1.65. The first-order valence-corrected chi connectivity index (χ1v) is 8.07. The predicted molar refractivity (Wildman–Crippen MR) is 83.0 cm³/mol. The Hall–Kier alpha value is -2.39. The van der Waals surface area contributed by atoms with Gasteiger partial charge in [0.25, 0.3) is 0 Å². The van der Waals surface area contributed by atoms with Gasteiger partial charge in [0.2, 0.25) is 10.0 Å². The highest BCUT2D eigenvalue weighted by atomic mass is 32.2. The second-order valence-corrected chi connectivity index (χ2v) is 5.93. The number of methoxy groups -OCH3 is 2. The highest BCUT2D eigenvalue weighted by Crippen LogP contribution is 2.22. The lowest BCUT2D eigenvalue weighted by molar-refractivity contribution is -0.138. The summed E-state index contributed by atoms with van der Waals surface area (Å²) in [7, 11) is -1.48. The maximum Gasteiger partial charge on any atom is 0.354 e. The van der Waals surface area contributed by atoms with Crippen molar-refractivity contribution in [3.05, 3.63) is 36.0 Å². The zero-order chi connectivity index (χ0) is 17.5. The Morgan fingerprint density at radius 1 is 1.17 bits per heavy atom. The first-order chi connectivity index (χ1) is 10.9. The second-order valence-electron chi connectivity index (χ2n) is 4.20. The van der Waals surface area contributed by atoms with Crippen LogP contribution in [0.25, 0.3) is 0 Å². The lowest BCUT2D eigenvalue weighted by atomic mass is 10.3. The SMILES string of the molecule is CCNS(=O)(=O)c1ccccc1N/C(=C/C(=O)OC)C(=O)OC. The quantitative estimate of drug-likeness (QED) is 0.552. The molecule has 0 atom stereocenters. The van der Waals surface area contributed by atoms with Gasteiger partial charge in [-0.05, 0) is 12.1 Å². The smallest absolute Gasteiger partial charge is 0.354 e. The lowest BCUT2D eigenvalue weighted by Gasteiger charge is -2.13. The summed E-state index contributed by atoms with van der Waals surface area (Å²) in [4.78, 5) is 23.0. The van der Waals surface area contributed by atoms with Gasteiger partial charge in [-0.15, -0.1) is 0 Å². The van der Waals surface area contributed by atoms with E-state index in [1.807, 2.05) is 0 Å². The Bertz CT molecular complexity index is 712. The van der Waals surface area contributed by atoms with Crippen molar-refractivity contribution in [2.24, 2.45) is 0 Å². The number of para-hydroxylation sites is 1. The van der Waals surface area contributed by atoms with Crippen LogP contribution in [0.1, 0.15) is 6.92 Å². The van der Waals surface area contributed by atoms with Crippen LogP contribution in [0.5, 0.6) is 0 Å². The van der Waals surface area contributed by atoms with Crippen molar-refractivity contribution < 1.29 is 27.5 Å². The Morgan fingerprint density at radius 2 is 1.83 bits per heavy atom. The van der Waals surface area contributed by atoms with Crippen molar-refractivity contribution in [3.8, 4) is 0 Å². The number of benzene rings is 1. The summed E-state index contributed by atoms with van der Waals surface area (Å²) in [6.45, 7) is 1.85. The fourth-order valence-corrected chi connectivity index (χ4v) is 2.85. The predicted octanol–water partition coefficient (Wildman–Crippen LogP) is 0.627. The van der Waals surface area contributed by atoms with E-state index in [4.69, 9.17) is 0 Å². The molecule has 9 heteroatoms. The molecule has 0 heterocycles. The molecule has 0 aromatic heterocycles. The molecule has 2 N–H and O–H groups in total. The molecule has 0 saturated carbocycles. The van der Waals surface area contributed by atoms with Crippen LogP contribution in [0.3, 0.4) is 0 Å². The maximum absolute atomic E-state index is 12.2. The van der Waals surface area contributed by atoms with Crippen molar-refractivity contribution in [1.82, 2.24) is 4.72 Å². The monoisotopic (exact) mass is 342 g/mol. The van der Waals surface area contributed by atoms with E-state index in [0.717, 1.165) is 20.3 Å². The zero-order valence-corrected chi connectivity index (χ0v) is 13.8. The molecule has 0 bridgehead atoms. The largest absolute Gasteiger partial charge is 0.466 e. The van der Waals surface area contributed by atoms with Crippen molar-refractivity contribution in [2.45, 2.75) is 11.8 Å². The number of nitrogens with one attached hydrogen (secondary N) is 2. The number of hydrogen-bond acceptors (Lipinski definition) is 7. The van der Waals surface area contributed by atoms with Gasteiger partial charge >= 0.3 is 11.9 Å². The number of rotatable bonds is 7. The van der Waals surface area contributed by atoms with E-state index < -0.39 is 22.0 Å². The third-order valence-corrected chi connectivity index (χ3v) is 4.25. The van der Waals surface area contributed by atoms with Gasteiger partial charge in [-0.1, -0.05) is 19.1 Å². The second kappa shape index (κ2) is 8.30. The average Bonchev–Trinajstić information content (AvgIpc) is 2.53. The molecule has 1 aromatic carbocycles.